The van der Waals surface area contributed by atoms with E-state index >= 15 is 0 Å². The topological polar surface area (TPSA) is 239 Å². The molecule has 3 heterocycles. The summed E-state index contributed by atoms with van der Waals surface area (Å²) >= 11 is 0. The van der Waals surface area contributed by atoms with Crippen LogP contribution in [0.25, 0.3) is 11.2 Å². The third-order valence-electron chi connectivity index (χ3n) is 3.75. The van der Waals surface area contributed by atoms with Gasteiger partial charge in [-0.2, -0.15) is 4.31 Å². The van der Waals surface area contributed by atoms with Crippen LogP contribution >= 0.6 is 23.1 Å². The molecule has 20 heteroatoms. The van der Waals surface area contributed by atoms with Crippen molar-refractivity contribution in [2.75, 3.05) is 12.3 Å². The maximum atomic E-state index is 12.0. The molecule has 30 heavy (non-hydrogen) atoms. The Balaban J connectivity index is 1.64. The number of nitrogen functional groups attached to an aromatic ring is 1. The van der Waals surface area contributed by atoms with Crippen molar-refractivity contribution in [1.29, 1.82) is 0 Å². The molecule has 0 aliphatic carbocycles. The lowest BCUT2D eigenvalue weighted by molar-refractivity contribution is -0.0388. The molecule has 5 unspecified atom stereocenters. The van der Waals surface area contributed by atoms with Crippen molar-refractivity contribution >= 4 is 47.7 Å². The van der Waals surface area contributed by atoms with E-state index in [4.69, 9.17) is 32.3 Å². The van der Waals surface area contributed by atoms with Gasteiger partial charge in [0.05, 0.1) is 19.0 Å². The fraction of sp³-hybridized carbons (Fsp3) is 0.500. The Labute approximate surface area is 169 Å². The van der Waals surface area contributed by atoms with Crippen LogP contribution in [0.2, 0.25) is 0 Å². The average Bonchev–Trinajstić information content (AvgIpc) is 3.14. The summed E-state index contributed by atoms with van der Waals surface area (Å²) in [6, 6.07) is 0. The van der Waals surface area contributed by atoms with Crippen LogP contribution < -0.4 is 5.73 Å². The fourth-order valence-corrected chi connectivity index (χ4v) is 5.77. The van der Waals surface area contributed by atoms with Gasteiger partial charge in [-0.3, -0.25) is 9.13 Å². The van der Waals surface area contributed by atoms with E-state index < -0.39 is 48.2 Å². The van der Waals surface area contributed by atoms with Gasteiger partial charge in [0.1, 0.15) is 24.2 Å². The third-order valence-corrected chi connectivity index (χ3v) is 7.67. The number of aliphatic hydroxyl groups is 1. The molecule has 0 saturated carbocycles. The van der Waals surface area contributed by atoms with E-state index in [1.165, 1.54) is 17.2 Å². The Bertz CT molecular complexity index is 1080. The smallest absolute Gasteiger partial charge is 0.390 e. The zero-order valence-corrected chi connectivity index (χ0v) is 17.4. The largest absolute Gasteiger partial charge is 0.487 e. The van der Waals surface area contributed by atoms with Crippen LogP contribution in [0.15, 0.2) is 12.7 Å². The normalized spacial score (nSPS) is 26.5. The Morgan fingerprint density at radius 2 is 1.93 bits per heavy atom. The molecule has 1 fully saturated rings. The van der Waals surface area contributed by atoms with Crippen molar-refractivity contribution in [3.63, 3.8) is 0 Å². The van der Waals surface area contributed by atoms with Gasteiger partial charge in [0.2, 0.25) is 7.57 Å². The van der Waals surface area contributed by atoms with Crippen LogP contribution in [0.3, 0.4) is 0 Å². The molecular formula is C10H15BN5O11P3. The third kappa shape index (κ3) is 5.72. The molecule has 0 amide bonds. The second kappa shape index (κ2) is 8.38. The SMILES string of the molecule is [B]P(=O)(OCC1OC(n2cnc3c(N)ncnc32)CC1O)OP(=O)(O)OP(=O)(O)O. The summed E-state index contributed by atoms with van der Waals surface area (Å²) in [5.41, 5.74) is 6.36. The number of nitrogens with zero attached hydrogens (tertiary/aromatic N) is 4. The van der Waals surface area contributed by atoms with Gasteiger partial charge in [0, 0.05) is 6.42 Å². The molecule has 6 N–H and O–H groups in total. The second-order valence-electron chi connectivity index (χ2n) is 5.97. The molecule has 2 radical (unpaired) electrons. The van der Waals surface area contributed by atoms with Crippen molar-refractivity contribution in [2.45, 2.75) is 24.9 Å². The van der Waals surface area contributed by atoms with Crippen molar-refractivity contribution in [2.24, 2.45) is 0 Å². The van der Waals surface area contributed by atoms with E-state index in [0.29, 0.717) is 11.2 Å². The van der Waals surface area contributed by atoms with E-state index in [0.717, 1.165) is 0 Å². The van der Waals surface area contributed by atoms with Gasteiger partial charge in [-0.15, -0.1) is 0 Å². The molecule has 2 aromatic rings. The van der Waals surface area contributed by atoms with Gasteiger partial charge in [-0.05, 0) is 0 Å². The number of rotatable bonds is 8. The predicted octanol–water partition coefficient (Wildman–Crippen LogP) is -0.424. The molecule has 164 valence electrons. The molecule has 5 atom stereocenters. The molecular weight excluding hydrogens is 470 g/mol. The number of aromatic nitrogens is 4. The summed E-state index contributed by atoms with van der Waals surface area (Å²) in [6.07, 6.45) is -0.385. The monoisotopic (exact) mass is 485 g/mol. The zero-order chi connectivity index (χ0) is 22.3. The summed E-state index contributed by atoms with van der Waals surface area (Å²) < 4.78 is 53.3. The maximum Gasteiger partial charge on any atom is 0.487 e. The van der Waals surface area contributed by atoms with E-state index in [2.05, 4.69) is 23.6 Å². The minimum absolute atomic E-state index is 0.0406. The zero-order valence-electron chi connectivity index (χ0n) is 14.7. The van der Waals surface area contributed by atoms with E-state index in [-0.39, 0.29) is 12.2 Å². The number of phosphoric acid groups is 2. The molecule has 3 rings (SSSR count). The lowest BCUT2D eigenvalue weighted by Gasteiger charge is -2.21. The number of nitrogens with two attached hydrogens (primary N) is 1. The van der Waals surface area contributed by atoms with Gasteiger partial charge in [0.25, 0.3) is 7.47 Å². The van der Waals surface area contributed by atoms with Crippen LogP contribution in [0.5, 0.6) is 0 Å². The van der Waals surface area contributed by atoms with Crippen LogP contribution in [0.4, 0.5) is 5.82 Å². The van der Waals surface area contributed by atoms with Crippen LogP contribution in [-0.2, 0) is 31.6 Å². The van der Waals surface area contributed by atoms with E-state index in [1.54, 1.807) is 0 Å². The first-order valence-corrected chi connectivity index (χ1v) is 12.5. The summed E-state index contributed by atoms with van der Waals surface area (Å²) in [6.45, 7) is -0.662. The highest BCUT2D eigenvalue weighted by Crippen LogP contribution is 2.66. The summed E-state index contributed by atoms with van der Waals surface area (Å²) in [4.78, 5) is 38.2. The first kappa shape index (κ1) is 23.4. The first-order valence-electron chi connectivity index (χ1n) is 7.87. The van der Waals surface area contributed by atoms with Crippen molar-refractivity contribution in [3.8, 4) is 0 Å². The minimum Gasteiger partial charge on any atom is -0.390 e. The van der Waals surface area contributed by atoms with Gasteiger partial charge in [-0.25, -0.2) is 28.4 Å². The van der Waals surface area contributed by atoms with Crippen LogP contribution in [0.1, 0.15) is 12.6 Å². The van der Waals surface area contributed by atoms with E-state index in [1.807, 2.05) is 0 Å². The molecule has 1 aliphatic heterocycles. The molecule has 2 aromatic heterocycles. The molecule has 1 aliphatic rings. The summed E-state index contributed by atoms with van der Waals surface area (Å²) in [5, 5.41) is 10.2. The maximum absolute atomic E-state index is 12.0. The Morgan fingerprint density at radius 3 is 2.60 bits per heavy atom. The Kier molecular flexibility index (Phi) is 6.55. The fourth-order valence-electron chi connectivity index (χ4n) is 2.61. The predicted molar refractivity (Wildman–Crippen MR) is 97.6 cm³/mol. The van der Waals surface area contributed by atoms with Crippen molar-refractivity contribution in [3.05, 3.63) is 12.7 Å². The van der Waals surface area contributed by atoms with Crippen molar-refractivity contribution < 1.29 is 51.4 Å². The Hall–Kier alpha value is -1.22. The summed E-state index contributed by atoms with van der Waals surface area (Å²) in [7, 11) is -10.7. The number of fused-ring (bicyclic) bond motifs is 1. The van der Waals surface area contributed by atoms with Gasteiger partial charge >= 0.3 is 15.6 Å². The number of ether oxygens (including phenoxy) is 1. The molecule has 0 bridgehead atoms. The highest BCUT2D eigenvalue weighted by atomic mass is 31.3. The molecule has 0 spiro atoms. The van der Waals surface area contributed by atoms with E-state index in [9.17, 15) is 23.7 Å². The number of aliphatic hydroxyl groups excluding tert-OH is 1. The van der Waals surface area contributed by atoms with Crippen molar-refractivity contribution in [1.82, 2.24) is 19.5 Å². The minimum atomic E-state index is -5.51. The van der Waals surface area contributed by atoms with Gasteiger partial charge in [-0.1, -0.05) is 0 Å². The number of imidazole rings is 1. The van der Waals surface area contributed by atoms with Crippen LogP contribution in [-0.4, -0.2) is 65.7 Å². The summed E-state index contributed by atoms with van der Waals surface area (Å²) in [5.74, 6) is 0.143. The van der Waals surface area contributed by atoms with Gasteiger partial charge in [0.15, 0.2) is 11.5 Å². The van der Waals surface area contributed by atoms with Gasteiger partial charge < -0.3 is 34.8 Å². The standard InChI is InChI=1S/C10H15BN5O11P3/c11-28(18,26-30(22,23)27-29(19,20)21)24-2-6-5(17)1-7(25-6)16-4-15-8-9(12)13-3-14-10(8)16/h3-7,17H,1-2H2,(H,22,23)(H2,12,13,14)(H2,19,20,21). The second-order valence-corrected chi connectivity index (χ2v) is 10.5. The number of hydrogen-bond donors (Lipinski definition) is 5. The molecule has 1 saturated heterocycles. The Morgan fingerprint density at radius 1 is 1.23 bits per heavy atom. The highest BCUT2D eigenvalue weighted by Gasteiger charge is 2.41. The molecule has 0 aromatic carbocycles. The average molecular weight is 485 g/mol. The quantitative estimate of drug-likeness (QED) is 0.236. The highest BCUT2D eigenvalue weighted by molar-refractivity contribution is 7.84. The lowest BCUT2D eigenvalue weighted by Crippen LogP contribution is -2.26. The number of hydrogen-bond acceptors (Lipinski definition) is 12. The first-order chi connectivity index (χ1) is 13.8. The lowest BCUT2D eigenvalue weighted by atomic mass is 10.2. The number of anilines is 1. The van der Waals surface area contributed by atoms with Crippen LogP contribution in [0, 0.1) is 0 Å². The molecule has 16 nitrogen and oxygen atoms in total.